The number of para-hydroxylation sites is 1. The first-order chi connectivity index (χ1) is 16.6. The molecule has 0 radical (unpaired) electrons. The Kier molecular flexibility index (Phi) is 5.64. The predicted octanol–water partition coefficient (Wildman–Crippen LogP) is 5.26. The maximum absolute atomic E-state index is 13.5. The first-order valence-corrected chi connectivity index (χ1v) is 11.0. The van der Waals surface area contributed by atoms with E-state index in [1.807, 2.05) is 72.8 Å². The van der Waals surface area contributed by atoms with Crippen LogP contribution in [0.4, 0.5) is 0 Å². The van der Waals surface area contributed by atoms with Crippen LogP contribution < -0.4 is 4.74 Å². The molecule has 6 nitrogen and oxygen atoms in total. The van der Waals surface area contributed by atoms with Crippen LogP contribution in [-0.4, -0.2) is 35.4 Å². The molecule has 0 fully saturated rings. The molecule has 4 aromatic rings. The number of hydrogen-bond acceptors (Lipinski definition) is 5. The third kappa shape index (κ3) is 3.83. The normalized spacial score (nSPS) is 15.9. The fourth-order valence-corrected chi connectivity index (χ4v) is 4.37. The largest absolute Gasteiger partial charge is 0.503 e. The minimum absolute atomic E-state index is 0.0324. The van der Waals surface area contributed by atoms with Crippen LogP contribution in [0.15, 0.2) is 101 Å². The molecule has 2 heterocycles. The summed E-state index contributed by atoms with van der Waals surface area (Å²) in [5.41, 5.74) is 2.36. The third-order valence-corrected chi connectivity index (χ3v) is 6.11. The number of benzene rings is 3. The number of rotatable bonds is 7. The van der Waals surface area contributed by atoms with Crippen LogP contribution in [0.3, 0.4) is 0 Å². The molecule has 34 heavy (non-hydrogen) atoms. The molecule has 0 saturated carbocycles. The van der Waals surface area contributed by atoms with Crippen molar-refractivity contribution >= 4 is 22.7 Å². The van der Waals surface area contributed by atoms with Crippen molar-refractivity contribution in [2.75, 3.05) is 13.7 Å². The number of methoxy groups -OCH3 is 1. The highest BCUT2D eigenvalue weighted by Crippen LogP contribution is 2.39. The van der Waals surface area contributed by atoms with Crippen molar-refractivity contribution in [2.24, 2.45) is 0 Å². The van der Waals surface area contributed by atoms with E-state index in [1.165, 1.54) is 0 Å². The molecule has 6 heteroatoms. The van der Waals surface area contributed by atoms with E-state index in [2.05, 4.69) is 0 Å². The second kappa shape index (κ2) is 8.90. The van der Waals surface area contributed by atoms with Crippen LogP contribution in [0.25, 0.3) is 11.0 Å². The minimum Gasteiger partial charge on any atom is -0.503 e. The Balaban J connectivity index is 1.49. The number of ketones is 1. The molecule has 0 aliphatic carbocycles. The van der Waals surface area contributed by atoms with Crippen molar-refractivity contribution in [1.29, 1.82) is 0 Å². The van der Waals surface area contributed by atoms with Gasteiger partial charge in [0.05, 0.1) is 18.7 Å². The summed E-state index contributed by atoms with van der Waals surface area (Å²) in [5.74, 6) is -0.756. The number of Topliss-reactive ketones (excluding diaryl/α,β-unsaturated/α-hetero) is 1. The van der Waals surface area contributed by atoms with Crippen LogP contribution in [0.5, 0.6) is 5.75 Å². The van der Waals surface area contributed by atoms with E-state index in [0.717, 1.165) is 22.3 Å². The molecule has 1 aliphatic heterocycles. The summed E-state index contributed by atoms with van der Waals surface area (Å²) in [5, 5.41) is 11.6. The second-order valence-electron chi connectivity index (χ2n) is 8.15. The monoisotopic (exact) mass is 453 g/mol. The molecular weight excluding hydrogens is 430 g/mol. The van der Waals surface area contributed by atoms with Gasteiger partial charge in [0.15, 0.2) is 11.5 Å². The molecule has 1 N–H and O–H groups in total. The third-order valence-electron chi connectivity index (χ3n) is 6.11. The lowest BCUT2D eigenvalue weighted by Crippen LogP contribution is -2.33. The summed E-state index contributed by atoms with van der Waals surface area (Å²) in [6, 6.07) is 25.1. The predicted molar refractivity (Wildman–Crippen MR) is 128 cm³/mol. The molecule has 5 rings (SSSR count). The van der Waals surface area contributed by atoms with E-state index in [9.17, 15) is 14.7 Å². The lowest BCUT2D eigenvalue weighted by Gasteiger charge is -2.26. The fraction of sp³-hybridized carbons (Fsp3) is 0.143. The average Bonchev–Trinajstić information content (AvgIpc) is 3.42. The SMILES string of the molecule is COc1ccc(CCN2C(=O)C(O)=C(C(=O)c3cc4ccccc4o3)C2c2ccccc2)cc1. The fourth-order valence-electron chi connectivity index (χ4n) is 4.37. The zero-order valence-electron chi connectivity index (χ0n) is 18.6. The highest BCUT2D eigenvalue weighted by atomic mass is 16.5. The van der Waals surface area contributed by atoms with E-state index in [4.69, 9.17) is 9.15 Å². The van der Waals surface area contributed by atoms with Crippen LogP contribution >= 0.6 is 0 Å². The van der Waals surface area contributed by atoms with Crippen LogP contribution in [0, 0.1) is 0 Å². The number of aliphatic hydroxyl groups excluding tert-OH is 1. The van der Waals surface area contributed by atoms with Gasteiger partial charge in [-0.15, -0.1) is 0 Å². The number of ether oxygens (including phenoxy) is 1. The second-order valence-corrected chi connectivity index (χ2v) is 8.15. The molecule has 3 aromatic carbocycles. The lowest BCUT2D eigenvalue weighted by atomic mass is 9.95. The molecule has 1 atom stereocenters. The summed E-state index contributed by atoms with van der Waals surface area (Å²) in [7, 11) is 1.61. The summed E-state index contributed by atoms with van der Waals surface area (Å²) >= 11 is 0. The van der Waals surface area contributed by atoms with Gasteiger partial charge in [-0.05, 0) is 41.8 Å². The van der Waals surface area contributed by atoms with Gasteiger partial charge >= 0.3 is 0 Å². The average molecular weight is 453 g/mol. The number of aliphatic hydroxyl groups is 1. The van der Waals surface area contributed by atoms with Crippen molar-refractivity contribution in [3.8, 4) is 5.75 Å². The first kappa shape index (κ1) is 21.5. The molecule has 1 unspecified atom stereocenters. The molecule has 0 spiro atoms. The van der Waals surface area contributed by atoms with Crippen LogP contribution in [0.1, 0.15) is 27.7 Å². The topological polar surface area (TPSA) is 80.0 Å². The van der Waals surface area contributed by atoms with Gasteiger partial charge in [0, 0.05) is 11.9 Å². The van der Waals surface area contributed by atoms with Crippen LogP contribution in [0.2, 0.25) is 0 Å². The van der Waals surface area contributed by atoms with E-state index in [-0.39, 0.29) is 11.3 Å². The first-order valence-electron chi connectivity index (χ1n) is 11.0. The Bertz CT molecular complexity index is 1350. The Morgan fingerprint density at radius 1 is 1.00 bits per heavy atom. The highest BCUT2D eigenvalue weighted by Gasteiger charge is 2.44. The number of amides is 1. The lowest BCUT2D eigenvalue weighted by molar-refractivity contribution is -0.129. The number of hydrogen-bond donors (Lipinski definition) is 1. The minimum atomic E-state index is -0.715. The Morgan fingerprint density at radius 2 is 1.71 bits per heavy atom. The van der Waals surface area contributed by atoms with Gasteiger partial charge in [-0.25, -0.2) is 0 Å². The Morgan fingerprint density at radius 3 is 2.41 bits per heavy atom. The quantitative estimate of drug-likeness (QED) is 0.386. The summed E-state index contributed by atoms with van der Waals surface area (Å²) in [4.78, 5) is 28.2. The number of nitrogens with zero attached hydrogens (tertiary/aromatic N) is 1. The van der Waals surface area contributed by atoms with E-state index >= 15 is 0 Å². The van der Waals surface area contributed by atoms with Crippen molar-refractivity contribution in [3.63, 3.8) is 0 Å². The number of fused-ring (bicyclic) bond motifs is 1. The molecular formula is C28H23NO5. The number of carbonyl (C=O) groups is 2. The maximum atomic E-state index is 13.5. The van der Waals surface area contributed by atoms with E-state index < -0.39 is 23.5 Å². The summed E-state index contributed by atoms with van der Waals surface area (Å²) in [6.07, 6.45) is 0.554. The van der Waals surface area contributed by atoms with Crippen LogP contribution in [-0.2, 0) is 11.2 Å². The van der Waals surface area contributed by atoms with Gasteiger partial charge < -0.3 is 19.2 Å². The summed E-state index contributed by atoms with van der Waals surface area (Å²) < 4.78 is 11.0. The molecule has 1 aliphatic rings. The van der Waals surface area contributed by atoms with Gasteiger partial charge in [0.1, 0.15) is 11.3 Å². The van der Waals surface area contributed by atoms with E-state index in [0.29, 0.717) is 18.5 Å². The van der Waals surface area contributed by atoms with Crippen molar-refractivity contribution < 1.29 is 23.8 Å². The van der Waals surface area contributed by atoms with Gasteiger partial charge in [0.25, 0.3) is 5.91 Å². The number of furan rings is 1. The van der Waals surface area contributed by atoms with E-state index in [1.54, 1.807) is 24.1 Å². The van der Waals surface area contributed by atoms with Gasteiger partial charge in [0.2, 0.25) is 5.78 Å². The Labute approximate surface area is 196 Å². The molecule has 1 aromatic heterocycles. The van der Waals surface area contributed by atoms with Crippen molar-refractivity contribution in [1.82, 2.24) is 4.90 Å². The van der Waals surface area contributed by atoms with Crippen molar-refractivity contribution in [3.05, 3.63) is 113 Å². The van der Waals surface area contributed by atoms with Crippen molar-refractivity contribution in [2.45, 2.75) is 12.5 Å². The Hall–Kier alpha value is -4.32. The molecule has 0 bridgehead atoms. The molecule has 1 amide bonds. The molecule has 170 valence electrons. The highest BCUT2D eigenvalue weighted by molar-refractivity contribution is 6.16. The maximum Gasteiger partial charge on any atom is 0.290 e. The summed E-state index contributed by atoms with van der Waals surface area (Å²) in [6.45, 7) is 0.325. The van der Waals surface area contributed by atoms with Gasteiger partial charge in [-0.2, -0.15) is 0 Å². The smallest absolute Gasteiger partial charge is 0.290 e. The zero-order chi connectivity index (χ0) is 23.7. The zero-order valence-corrected chi connectivity index (χ0v) is 18.6. The number of carbonyl (C=O) groups excluding carboxylic acids is 2. The standard InChI is InChI=1S/C28H23NO5/c1-33-21-13-11-18(12-14-21)15-16-29-25(19-7-3-2-4-8-19)24(27(31)28(29)32)26(30)23-17-20-9-5-6-10-22(20)34-23/h2-14,17,25,31H,15-16H2,1H3. The van der Waals surface area contributed by atoms with Gasteiger partial charge in [-0.1, -0.05) is 60.7 Å². The molecule has 0 saturated heterocycles. The van der Waals surface area contributed by atoms with Gasteiger partial charge in [-0.3, -0.25) is 9.59 Å².